The summed E-state index contributed by atoms with van der Waals surface area (Å²) in [5.74, 6) is 1.15. The predicted molar refractivity (Wildman–Crippen MR) is 84.0 cm³/mol. The Labute approximate surface area is 143 Å². The Morgan fingerprint density at radius 2 is 1.96 bits per heavy atom. The molecule has 124 valence electrons. The van der Waals surface area contributed by atoms with Crippen molar-refractivity contribution in [2.45, 2.75) is 30.6 Å². The number of hydrogen-bond donors (Lipinski definition) is 0. The number of halogens is 2. The Morgan fingerprint density at radius 3 is 2.52 bits per heavy atom. The van der Waals surface area contributed by atoms with Crippen LogP contribution in [0.25, 0.3) is 0 Å². The molecule has 0 spiro atoms. The second-order valence-electron chi connectivity index (χ2n) is 5.28. The van der Waals surface area contributed by atoms with E-state index in [1.54, 1.807) is 6.92 Å². The first-order valence-electron chi connectivity index (χ1n) is 6.99. The number of piperidine rings is 1. The minimum absolute atomic E-state index is 0.0407. The molecule has 0 aromatic carbocycles. The molecule has 10 heteroatoms. The summed E-state index contributed by atoms with van der Waals surface area (Å²) in [5.41, 5.74) is 0. The molecular formula is C13H14Cl2N4O3S. The highest BCUT2D eigenvalue weighted by Gasteiger charge is 2.32. The van der Waals surface area contributed by atoms with Crippen molar-refractivity contribution in [3.63, 3.8) is 0 Å². The fourth-order valence-corrected chi connectivity index (χ4v) is 4.29. The van der Waals surface area contributed by atoms with Crippen molar-refractivity contribution in [1.82, 2.24) is 19.5 Å². The molecule has 0 unspecified atom stereocenters. The fraction of sp³-hybridized carbons (Fsp3) is 0.462. The van der Waals surface area contributed by atoms with Gasteiger partial charge in [0.1, 0.15) is 10.0 Å². The van der Waals surface area contributed by atoms with Gasteiger partial charge in [-0.15, -0.1) is 10.2 Å². The highest BCUT2D eigenvalue weighted by atomic mass is 35.5. The number of rotatable bonds is 3. The zero-order valence-electron chi connectivity index (χ0n) is 12.2. The molecule has 1 aliphatic rings. The van der Waals surface area contributed by atoms with Crippen LogP contribution in [0, 0.1) is 6.92 Å². The van der Waals surface area contributed by atoms with Gasteiger partial charge in [-0.1, -0.05) is 23.2 Å². The fourth-order valence-electron chi connectivity index (χ4n) is 2.51. The third-order valence-corrected chi connectivity index (χ3v) is 6.30. The van der Waals surface area contributed by atoms with Gasteiger partial charge in [0.25, 0.3) is 0 Å². The monoisotopic (exact) mass is 376 g/mol. The van der Waals surface area contributed by atoms with Crippen molar-refractivity contribution >= 4 is 33.2 Å². The quantitative estimate of drug-likeness (QED) is 0.764. The maximum atomic E-state index is 12.6. The van der Waals surface area contributed by atoms with Gasteiger partial charge in [-0.2, -0.15) is 4.31 Å². The van der Waals surface area contributed by atoms with Crippen LogP contribution in [0.15, 0.2) is 21.6 Å². The summed E-state index contributed by atoms with van der Waals surface area (Å²) in [7, 11) is -3.64. The summed E-state index contributed by atoms with van der Waals surface area (Å²) in [4.78, 5) is 3.84. The molecule has 0 saturated carbocycles. The van der Waals surface area contributed by atoms with E-state index in [0.29, 0.717) is 37.7 Å². The van der Waals surface area contributed by atoms with E-state index in [1.165, 1.54) is 16.6 Å². The molecule has 1 saturated heterocycles. The summed E-state index contributed by atoms with van der Waals surface area (Å²) in [5, 5.41) is 8.02. The van der Waals surface area contributed by atoms with Gasteiger partial charge in [0.05, 0.1) is 5.02 Å². The molecule has 2 aromatic heterocycles. The molecular weight excluding hydrogens is 363 g/mol. The molecule has 0 bridgehead atoms. The Bertz CT molecular complexity index is 816. The lowest BCUT2D eigenvalue weighted by Gasteiger charge is -2.29. The molecule has 3 heterocycles. The van der Waals surface area contributed by atoms with Gasteiger partial charge in [-0.3, -0.25) is 0 Å². The normalized spacial score (nSPS) is 17.5. The van der Waals surface area contributed by atoms with Crippen molar-refractivity contribution in [2.24, 2.45) is 0 Å². The number of aromatic nitrogens is 3. The van der Waals surface area contributed by atoms with Crippen LogP contribution in [0.4, 0.5) is 0 Å². The van der Waals surface area contributed by atoms with Crippen LogP contribution in [0.2, 0.25) is 10.2 Å². The van der Waals surface area contributed by atoms with E-state index in [2.05, 4.69) is 15.2 Å². The Kier molecular flexibility index (Phi) is 4.59. The minimum Gasteiger partial charge on any atom is -0.425 e. The van der Waals surface area contributed by atoms with Crippen molar-refractivity contribution in [1.29, 1.82) is 0 Å². The summed E-state index contributed by atoms with van der Waals surface area (Å²) in [6.07, 6.45) is 2.46. The summed E-state index contributed by atoms with van der Waals surface area (Å²) in [6, 6.07) is 1.32. The molecule has 2 aromatic rings. The van der Waals surface area contributed by atoms with Gasteiger partial charge in [0.2, 0.25) is 21.8 Å². The molecule has 7 nitrogen and oxygen atoms in total. The second-order valence-corrected chi connectivity index (χ2v) is 7.98. The smallest absolute Gasteiger partial charge is 0.244 e. The van der Waals surface area contributed by atoms with Gasteiger partial charge in [-0.05, 0) is 18.9 Å². The SMILES string of the molecule is Cc1nnc(C2CCN(S(=O)(=O)c3cnc(Cl)c(Cl)c3)CC2)o1. The minimum atomic E-state index is -3.64. The van der Waals surface area contributed by atoms with Crippen LogP contribution in [-0.2, 0) is 10.0 Å². The third kappa shape index (κ3) is 3.35. The van der Waals surface area contributed by atoms with Gasteiger partial charge in [0.15, 0.2) is 0 Å². The number of aryl methyl sites for hydroxylation is 1. The van der Waals surface area contributed by atoms with Crippen LogP contribution in [0.5, 0.6) is 0 Å². The number of hydrogen-bond acceptors (Lipinski definition) is 6. The van der Waals surface area contributed by atoms with E-state index in [1.807, 2.05) is 0 Å². The summed E-state index contributed by atoms with van der Waals surface area (Å²) < 4.78 is 32.1. The Morgan fingerprint density at radius 1 is 1.26 bits per heavy atom. The van der Waals surface area contributed by atoms with E-state index in [4.69, 9.17) is 27.6 Å². The topological polar surface area (TPSA) is 89.2 Å². The third-order valence-electron chi connectivity index (χ3n) is 3.75. The van der Waals surface area contributed by atoms with E-state index in [9.17, 15) is 8.42 Å². The van der Waals surface area contributed by atoms with Crippen LogP contribution < -0.4 is 0 Å². The van der Waals surface area contributed by atoms with Gasteiger partial charge in [-0.25, -0.2) is 13.4 Å². The molecule has 3 rings (SSSR count). The number of sulfonamides is 1. The molecule has 0 amide bonds. The van der Waals surface area contributed by atoms with E-state index in [-0.39, 0.29) is 21.0 Å². The van der Waals surface area contributed by atoms with Crippen molar-refractivity contribution in [2.75, 3.05) is 13.1 Å². The summed E-state index contributed by atoms with van der Waals surface area (Å²) in [6.45, 7) is 2.47. The van der Waals surface area contributed by atoms with Crippen LogP contribution in [-0.4, -0.2) is 41.0 Å². The molecule has 1 aliphatic heterocycles. The van der Waals surface area contributed by atoms with Crippen molar-refractivity contribution in [3.05, 3.63) is 34.2 Å². The van der Waals surface area contributed by atoms with Crippen LogP contribution in [0.1, 0.15) is 30.5 Å². The lowest BCUT2D eigenvalue weighted by atomic mass is 9.98. The predicted octanol–water partition coefficient (Wildman–Crippen LogP) is 2.65. The van der Waals surface area contributed by atoms with E-state index < -0.39 is 10.0 Å². The van der Waals surface area contributed by atoms with Gasteiger partial charge < -0.3 is 4.42 Å². The highest BCUT2D eigenvalue weighted by Crippen LogP contribution is 2.31. The molecule has 0 atom stereocenters. The molecule has 0 aliphatic carbocycles. The van der Waals surface area contributed by atoms with E-state index in [0.717, 1.165) is 0 Å². The molecule has 0 N–H and O–H groups in total. The van der Waals surface area contributed by atoms with Gasteiger partial charge >= 0.3 is 0 Å². The second kappa shape index (κ2) is 6.35. The first-order chi connectivity index (χ1) is 10.9. The maximum absolute atomic E-state index is 12.6. The van der Waals surface area contributed by atoms with Gasteiger partial charge in [0, 0.05) is 32.1 Å². The Balaban J connectivity index is 1.74. The lowest BCUT2D eigenvalue weighted by Crippen LogP contribution is -2.38. The molecule has 0 radical (unpaired) electrons. The molecule has 23 heavy (non-hydrogen) atoms. The molecule has 1 fully saturated rings. The van der Waals surface area contributed by atoms with E-state index >= 15 is 0 Å². The first-order valence-corrected chi connectivity index (χ1v) is 9.18. The Hall–Kier alpha value is -1.22. The van der Waals surface area contributed by atoms with Crippen LogP contribution in [0.3, 0.4) is 0 Å². The largest absolute Gasteiger partial charge is 0.425 e. The average Bonchev–Trinajstić information content (AvgIpc) is 2.96. The highest BCUT2D eigenvalue weighted by molar-refractivity contribution is 7.89. The summed E-state index contributed by atoms with van der Waals surface area (Å²) >= 11 is 11.6. The van der Waals surface area contributed by atoms with Crippen molar-refractivity contribution in [3.8, 4) is 0 Å². The lowest BCUT2D eigenvalue weighted by molar-refractivity contribution is 0.288. The zero-order chi connectivity index (χ0) is 16.6. The van der Waals surface area contributed by atoms with Crippen molar-refractivity contribution < 1.29 is 12.8 Å². The maximum Gasteiger partial charge on any atom is 0.244 e. The number of nitrogens with zero attached hydrogens (tertiary/aromatic N) is 4. The standard InChI is InChI=1S/C13H14Cl2N4O3S/c1-8-17-18-13(22-8)9-2-4-19(5-3-9)23(20,21)10-6-11(14)12(15)16-7-10/h6-7,9H,2-5H2,1H3. The average molecular weight is 377 g/mol. The van der Waals surface area contributed by atoms with Crippen LogP contribution >= 0.6 is 23.2 Å². The zero-order valence-corrected chi connectivity index (χ0v) is 14.6. The first kappa shape index (κ1) is 16.6. The number of pyridine rings is 1.